The molecular weight excluding hydrogens is 250 g/mol. The molecule has 2 unspecified atom stereocenters. The SMILES string of the molecule is CCCC(N)C(=O)N1CCOC(c2nccs2)C1. The minimum Gasteiger partial charge on any atom is -0.367 e. The fourth-order valence-corrected chi connectivity index (χ4v) is 2.74. The molecule has 2 rings (SSSR count). The number of amides is 1. The van der Waals surface area contributed by atoms with Crippen LogP contribution < -0.4 is 5.73 Å². The second-order valence-corrected chi connectivity index (χ2v) is 5.34. The van der Waals surface area contributed by atoms with E-state index in [1.807, 2.05) is 12.3 Å². The molecule has 0 radical (unpaired) electrons. The predicted octanol–water partition coefficient (Wildman–Crippen LogP) is 1.17. The Bertz CT molecular complexity index is 383. The summed E-state index contributed by atoms with van der Waals surface area (Å²) in [6, 6.07) is -0.384. The van der Waals surface area contributed by atoms with E-state index in [0.29, 0.717) is 19.7 Å². The van der Waals surface area contributed by atoms with Crippen LogP contribution in [0.5, 0.6) is 0 Å². The summed E-state index contributed by atoms with van der Waals surface area (Å²) < 4.78 is 5.66. The van der Waals surface area contributed by atoms with Crippen LogP contribution in [0.1, 0.15) is 30.9 Å². The molecular formula is C12H19N3O2S. The van der Waals surface area contributed by atoms with Gasteiger partial charge in [0.1, 0.15) is 11.1 Å². The molecule has 0 aliphatic carbocycles. The van der Waals surface area contributed by atoms with Crippen LogP contribution in [0.3, 0.4) is 0 Å². The number of hydrogen-bond acceptors (Lipinski definition) is 5. The average Bonchev–Trinajstić information content (AvgIpc) is 2.92. The lowest BCUT2D eigenvalue weighted by Crippen LogP contribution is -2.49. The highest BCUT2D eigenvalue weighted by molar-refractivity contribution is 7.09. The van der Waals surface area contributed by atoms with E-state index in [1.54, 1.807) is 22.4 Å². The van der Waals surface area contributed by atoms with E-state index in [9.17, 15) is 4.79 Å². The normalized spacial score (nSPS) is 21.9. The lowest BCUT2D eigenvalue weighted by Gasteiger charge is -2.33. The number of ether oxygens (including phenoxy) is 1. The molecule has 2 atom stereocenters. The van der Waals surface area contributed by atoms with Gasteiger partial charge < -0.3 is 15.4 Å². The molecule has 1 aromatic rings. The first kappa shape index (κ1) is 13.5. The summed E-state index contributed by atoms with van der Waals surface area (Å²) in [4.78, 5) is 18.2. The molecule has 1 fully saturated rings. The zero-order valence-electron chi connectivity index (χ0n) is 10.5. The first-order valence-electron chi connectivity index (χ1n) is 6.27. The van der Waals surface area contributed by atoms with E-state index in [-0.39, 0.29) is 18.1 Å². The van der Waals surface area contributed by atoms with Crippen LogP contribution in [0.15, 0.2) is 11.6 Å². The molecule has 100 valence electrons. The predicted molar refractivity (Wildman–Crippen MR) is 70.3 cm³/mol. The molecule has 18 heavy (non-hydrogen) atoms. The van der Waals surface area contributed by atoms with Crippen molar-refractivity contribution in [2.45, 2.75) is 31.9 Å². The van der Waals surface area contributed by atoms with Crippen molar-refractivity contribution in [3.05, 3.63) is 16.6 Å². The van der Waals surface area contributed by atoms with Crippen molar-refractivity contribution in [2.75, 3.05) is 19.7 Å². The van der Waals surface area contributed by atoms with Gasteiger partial charge in [-0.05, 0) is 6.42 Å². The third kappa shape index (κ3) is 3.07. The molecule has 1 aliphatic rings. The average molecular weight is 269 g/mol. The van der Waals surface area contributed by atoms with Crippen molar-refractivity contribution in [1.82, 2.24) is 9.88 Å². The van der Waals surface area contributed by atoms with E-state index < -0.39 is 0 Å². The molecule has 2 N–H and O–H groups in total. The summed E-state index contributed by atoms with van der Waals surface area (Å²) in [6.07, 6.45) is 3.31. The van der Waals surface area contributed by atoms with Crippen LogP contribution >= 0.6 is 11.3 Å². The van der Waals surface area contributed by atoms with Gasteiger partial charge in [-0.1, -0.05) is 13.3 Å². The lowest BCUT2D eigenvalue weighted by atomic mass is 10.1. The van der Waals surface area contributed by atoms with E-state index in [0.717, 1.165) is 17.8 Å². The van der Waals surface area contributed by atoms with Gasteiger partial charge in [0.05, 0.1) is 19.2 Å². The van der Waals surface area contributed by atoms with Crippen molar-refractivity contribution >= 4 is 17.2 Å². The maximum Gasteiger partial charge on any atom is 0.239 e. The standard InChI is InChI=1S/C12H19N3O2S/c1-2-3-9(13)12(16)15-5-6-17-10(8-15)11-14-4-7-18-11/h4,7,9-10H,2-3,5-6,8,13H2,1H3. The van der Waals surface area contributed by atoms with Gasteiger partial charge in [0.15, 0.2) is 0 Å². The van der Waals surface area contributed by atoms with Crippen molar-refractivity contribution < 1.29 is 9.53 Å². The van der Waals surface area contributed by atoms with Crippen molar-refractivity contribution in [2.24, 2.45) is 5.73 Å². The second kappa shape index (κ2) is 6.26. The Balaban J connectivity index is 1.96. The molecule has 6 heteroatoms. The topological polar surface area (TPSA) is 68.5 Å². The van der Waals surface area contributed by atoms with Crippen LogP contribution in [0.25, 0.3) is 0 Å². The van der Waals surface area contributed by atoms with Gasteiger partial charge >= 0.3 is 0 Å². The molecule has 5 nitrogen and oxygen atoms in total. The van der Waals surface area contributed by atoms with Gasteiger partial charge in [0, 0.05) is 18.1 Å². The van der Waals surface area contributed by atoms with Crippen LogP contribution in [0.4, 0.5) is 0 Å². The van der Waals surface area contributed by atoms with Gasteiger partial charge in [0.25, 0.3) is 0 Å². The highest BCUT2D eigenvalue weighted by Gasteiger charge is 2.29. The first-order valence-corrected chi connectivity index (χ1v) is 7.15. The van der Waals surface area contributed by atoms with E-state index in [4.69, 9.17) is 10.5 Å². The zero-order chi connectivity index (χ0) is 13.0. The van der Waals surface area contributed by atoms with E-state index in [1.165, 1.54) is 0 Å². The van der Waals surface area contributed by atoms with E-state index >= 15 is 0 Å². The Hall–Kier alpha value is -0.980. The number of nitrogens with zero attached hydrogens (tertiary/aromatic N) is 2. The highest BCUT2D eigenvalue weighted by Crippen LogP contribution is 2.24. The molecule has 0 saturated carbocycles. The number of thiazole rings is 1. The summed E-state index contributed by atoms with van der Waals surface area (Å²) >= 11 is 1.56. The number of nitrogens with two attached hydrogens (primary N) is 1. The molecule has 1 aliphatic heterocycles. The van der Waals surface area contributed by atoms with Crippen molar-refractivity contribution in [1.29, 1.82) is 0 Å². The van der Waals surface area contributed by atoms with Crippen LogP contribution in [-0.4, -0.2) is 41.5 Å². The highest BCUT2D eigenvalue weighted by atomic mass is 32.1. The Morgan fingerprint density at radius 3 is 3.28 bits per heavy atom. The monoisotopic (exact) mass is 269 g/mol. The van der Waals surface area contributed by atoms with Gasteiger partial charge in [-0.2, -0.15) is 0 Å². The second-order valence-electron chi connectivity index (χ2n) is 4.41. The summed E-state index contributed by atoms with van der Waals surface area (Å²) in [5.74, 6) is 0.0294. The van der Waals surface area contributed by atoms with E-state index in [2.05, 4.69) is 4.98 Å². The zero-order valence-corrected chi connectivity index (χ0v) is 11.4. The summed E-state index contributed by atoms with van der Waals surface area (Å²) in [6.45, 7) is 3.77. The minimum absolute atomic E-state index is 0.0294. The Kier molecular flexibility index (Phi) is 4.68. The summed E-state index contributed by atoms with van der Waals surface area (Å²) in [7, 11) is 0. The first-order chi connectivity index (χ1) is 8.72. The number of morpholine rings is 1. The number of rotatable bonds is 4. The fraction of sp³-hybridized carbons (Fsp3) is 0.667. The Morgan fingerprint density at radius 2 is 2.61 bits per heavy atom. The lowest BCUT2D eigenvalue weighted by molar-refractivity contribution is -0.140. The molecule has 1 saturated heterocycles. The van der Waals surface area contributed by atoms with Gasteiger partial charge in [-0.25, -0.2) is 4.98 Å². The van der Waals surface area contributed by atoms with Crippen LogP contribution in [-0.2, 0) is 9.53 Å². The smallest absolute Gasteiger partial charge is 0.239 e. The quantitative estimate of drug-likeness (QED) is 0.891. The summed E-state index contributed by atoms with van der Waals surface area (Å²) in [5, 5.41) is 2.85. The fourth-order valence-electron chi connectivity index (χ4n) is 2.06. The number of carbonyl (C=O) groups excluding carboxylic acids is 1. The van der Waals surface area contributed by atoms with Gasteiger partial charge in [-0.15, -0.1) is 11.3 Å². The molecule has 2 heterocycles. The van der Waals surface area contributed by atoms with Crippen LogP contribution in [0.2, 0.25) is 0 Å². The molecule has 1 amide bonds. The van der Waals surface area contributed by atoms with Crippen LogP contribution in [0, 0.1) is 0 Å². The third-order valence-electron chi connectivity index (χ3n) is 3.02. The third-order valence-corrected chi connectivity index (χ3v) is 3.89. The molecule has 0 spiro atoms. The Labute approximate surface area is 111 Å². The maximum absolute atomic E-state index is 12.1. The summed E-state index contributed by atoms with van der Waals surface area (Å²) in [5.41, 5.74) is 5.88. The molecule has 0 bridgehead atoms. The number of carbonyl (C=O) groups is 1. The minimum atomic E-state index is -0.384. The number of hydrogen-bond donors (Lipinski definition) is 1. The molecule has 1 aromatic heterocycles. The van der Waals surface area contributed by atoms with Crippen molar-refractivity contribution in [3.63, 3.8) is 0 Å². The number of aromatic nitrogens is 1. The maximum atomic E-state index is 12.1. The Morgan fingerprint density at radius 1 is 1.78 bits per heavy atom. The van der Waals surface area contributed by atoms with Crippen molar-refractivity contribution in [3.8, 4) is 0 Å². The molecule has 0 aromatic carbocycles. The van der Waals surface area contributed by atoms with Gasteiger partial charge in [-0.3, -0.25) is 4.79 Å². The van der Waals surface area contributed by atoms with Gasteiger partial charge in [0.2, 0.25) is 5.91 Å². The largest absolute Gasteiger partial charge is 0.367 e.